The van der Waals surface area contributed by atoms with E-state index in [0.29, 0.717) is 10.4 Å². The normalized spacial score (nSPS) is 10.1. The van der Waals surface area contributed by atoms with Crippen LogP contribution in [-0.2, 0) is 0 Å². The summed E-state index contributed by atoms with van der Waals surface area (Å²) >= 11 is 3.26. The lowest BCUT2D eigenvalue weighted by atomic mass is 10.3. The van der Waals surface area contributed by atoms with Crippen LogP contribution in [0.25, 0.3) is 0 Å². The van der Waals surface area contributed by atoms with Gasteiger partial charge in [0.1, 0.15) is 5.82 Å². The van der Waals surface area contributed by atoms with Crippen LogP contribution in [0.1, 0.15) is 0 Å². The maximum atomic E-state index is 13.7. The Morgan fingerprint density at radius 1 is 1.21 bits per heavy atom. The number of aromatic nitrogens is 3. The summed E-state index contributed by atoms with van der Waals surface area (Å²) in [5.74, 6) is 0.0866. The number of ether oxygens (including phenoxy) is 1. The molecule has 2 aromatic rings. The van der Waals surface area contributed by atoms with E-state index in [0.717, 1.165) is 0 Å². The third kappa shape index (κ3) is 3.08. The molecule has 2 N–H and O–H groups in total. The Labute approximate surface area is 117 Å². The van der Waals surface area contributed by atoms with Crippen LogP contribution in [0, 0.1) is 5.82 Å². The quantitative estimate of drug-likeness (QED) is 0.899. The molecule has 6 nitrogen and oxygen atoms in total. The van der Waals surface area contributed by atoms with Gasteiger partial charge in [-0.15, -0.1) is 0 Å². The van der Waals surface area contributed by atoms with Gasteiger partial charge in [-0.1, -0.05) is 6.07 Å². The van der Waals surface area contributed by atoms with Crippen molar-refractivity contribution in [1.82, 2.24) is 15.0 Å². The predicted molar refractivity (Wildman–Crippen MR) is 73.3 cm³/mol. The van der Waals surface area contributed by atoms with Gasteiger partial charge in [0.25, 0.3) is 0 Å². The first-order chi connectivity index (χ1) is 9.13. The maximum absolute atomic E-state index is 13.7. The summed E-state index contributed by atoms with van der Waals surface area (Å²) in [5, 5.41) is 5.56. The van der Waals surface area contributed by atoms with Gasteiger partial charge in [-0.3, -0.25) is 0 Å². The van der Waals surface area contributed by atoms with Gasteiger partial charge in [-0.05, 0) is 28.1 Å². The SMILES string of the molecule is CNc1nc(Nc2c(F)cccc2Br)nc(OC)n1. The summed E-state index contributed by atoms with van der Waals surface area (Å²) in [6, 6.07) is 4.78. The summed E-state index contributed by atoms with van der Waals surface area (Å²) in [7, 11) is 3.11. The number of anilines is 3. The number of halogens is 2. The minimum Gasteiger partial charge on any atom is -0.467 e. The molecule has 100 valence electrons. The number of hydrogen-bond acceptors (Lipinski definition) is 6. The first-order valence-corrected chi connectivity index (χ1v) is 6.12. The third-order valence-electron chi connectivity index (χ3n) is 2.22. The van der Waals surface area contributed by atoms with Gasteiger partial charge in [-0.25, -0.2) is 4.39 Å². The standard InChI is InChI=1S/C11H11BrFN5O/c1-14-9-16-10(18-11(17-9)19-2)15-8-6(12)4-3-5-7(8)13/h3-5H,1-2H3,(H2,14,15,16,17,18). The summed E-state index contributed by atoms with van der Waals surface area (Å²) in [5.41, 5.74) is 0.248. The summed E-state index contributed by atoms with van der Waals surface area (Å²) in [6.07, 6.45) is 0. The van der Waals surface area contributed by atoms with Crippen LogP contribution >= 0.6 is 15.9 Å². The molecule has 1 heterocycles. The number of para-hydroxylation sites is 1. The molecule has 0 aliphatic heterocycles. The van der Waals surface area contributed by atoms with E-state index in [2.05, 4.69) is 41.5 Å². The Kier molecular flexibility index (Phi) is 4.10. The third-order valence-corrected chi connectivity index (χ3v) is 2.88. The maximum Gasteiger partial charge on any atom is 0.322 e. The van der Waals surface area contributed by atoms with Gasteiger partial charge >= 0.3 is 6.01 Å². The van der Waals surface area contributed by atoms with Gasteiger partial charge in [0.05, 0.1) is 12.8 Å². The van der Waals surface area contributed by atoms with E-state index in [1.54, 1.807) is 19.2 Å². The summed E-state index contributed by atoms with van der Waals surface area (Å²) in [4.78, 5) is 12.0. The minimum atomic E-state index is -0.417. The molecule has 0 atom stereocenters. The van der Waals surface area contributed by atoms with Crippen molar-refractivity contribution in [3.63, 3.8) is 0 Å². The number of nitrogens with one attached hydrogen (secondary N) is 2. The molecule has 8 heteroatoms. The van der Waals surface area contributed by atoms with E-state index in [-0.39, 0.29) is 17.6 Å². The lowest BCUT2D eigenvalue weighted by Gasteiger charge is -2.09. The smallest absolute Gasteiger partial charge is 0.322 e. The second-order valence-electron chi connectivity index (χ2n) is 3.44. The molecule has 1 aromatic carbocycles. The van der Waals surface area contributed by atoms with Crippen molar-refractivity contribution in [3.8, 4) is 6.01 Å². The molecule has 0 unspecified atom stereocenters. The number of hydrogen-bond donors (Lipinski definition) is 2. The molecule has 0 fully saturated rings. The second-order valence-corrected chi connectivity index (χ2v) is 4.30. The molecular formula is C11H11BrFN5O. The largest absolute Gasteiger partial charge is 0.467 e. The topological polar surface area (TPSA) is 72.0 Å². The van der Waals surface area contributed by atoms with Crippen molar-refractivity contribution in [2.45, 2.75) is 0 Å². The van der Waals surface area contributed by atoms with Crippen LogP contribution in [0.5, 0.6) is 6.01 Å². The molecule has 0 saturated carbocycles. The van der Waals surface area contributed by atoms with Gasteiger partial charge in [0, 0.05) is 11.5 Å². The zero-order chi connectivity index (χ0) is 13.8. The van der Waals surface area contributed by atoms with Gasteiger partial charge in [-0.2, -0.15) is 15.0 Å². The van der Waals surface area contributed by atoms with E-state index < -0.39 is 5.82 Å². The van der Waals surface area contributed by atoms with Crippen LogP contribution in [0.4, 0.5) is 22.0 Å². The van der Waals surface area contributed by atoms with Crippen molar-refractivity contribution in [3.05, 3.63) is 28.5 Å². The molecule has 0 bridgehead atoms. The lowest BCUT2D eigenvalue weighted by molar-refractivity contribution is 0.379. The van der Waals surface area contributed by atoms with Crippen molar-refractivity contribution < 1.29 is 9.13 Å². The number of methoxy groups -OCH3 is 1. The predicted octanol–water partition coefficient (Wildman–Crippen LogP) is 2.57. The number of rotatable bonds is 4. The first-order valence-electron chi connectivity index (χ1n) is 5.33. The number of benzene rings is 1. The molecule has 0 amide bonds. The van der Waals surface area contributed by atoms with Crippen molar-refractivity contribution in [2.75, 3.05) is 24.8 Å². The monoisotopic (exact) mass is 327 g/mol. The zero-order valence-electron chi connectivity index (χ0n) is 10.2. The Hall–Kier alpha value is -1.96. The minimum absolute atomic E-state index is 0.134. The van der Waals surface area contributed by atoms with Gasteiger partial charge in [0.2, 0.25) is 11.9 Å². The van der Waals surface area contributed by atoms with Crippen LogP contribution < -0.4 is 15.4 Å². The Morgan fingerprint density at radius 2 is 1.95 bits per heavy atom. The van der Waals surface area contributed by atoms with Crippen molar-refractivity contribution >= 4 is 33.5 Å². The highest BCUT2D eigenvalue weighted by Crippen LogP contribution is 2.27. The highest BCUT2D eigenvalue weighted by atomic mass is 79.9. The van der Waals surface area contributed by atoms with Crippen molar-refractivity contribution in [1.29, 1.82) is 0 Å². The van der Waals surface area contributed by atoms with Crippen LogP contribution in [0.3, 0.4) is 0 Å². The van der Waals surface area contributed by atoms with E-state index in [1.165, 1.54) is 13.2 Å². The first kappa shape index (κ1) is 13.5. The van der Waals surface area contributed by atoms with E-state index >= 15 is 0 Å². The van der Waals surface area contributed by atoms with E-state index in [4.69, 9.17) is 4.74 Å². The molecule has 2 rings (SSSR count). The molecular weight excluding hydrogens is 317 g/mol. The summed E-state index contributed by atoms with van der Waals surface area (Å²) in [6.45, 7) is 0. The van der Waals surface area contributed by atoms with Crippen molar-refractivity contribution in [2.24, 2.45) is 0 Å². The summed E-state index contributed by atoms with van der Waals surface area (Å²) < 4.78 is 19.2. The number of nitrogens with zero attached hydrogens (tertiary/aromatic N) is 3. The Bertz CT molecular complexity index is 553. The molecule has 19 heavy (non-hydrogen) atoms. The zero-order valence-corrected chi connectivity index (χ0v) is 11.8. The Morgan fingerprint density at radius 3 is 2.58 bits per heavy atom. The highest BCUT2D eigenvalue weighted by Gasteiger charge is 2.11. The van der Waals surface area contributed by atoms with Crippen LogP contribution in [0.2, 0.25) is 0 Å². The average molecular weight is 328 g/mol. The second kappa shape index (κ2) is 5.79. The molecule has 0 aliphatic rings. The molecule has 0 saturated heterocycles. The fourth-order valence-corrected chi connectivity index (χ4v) is 1.79. The Balaban J connectivity index is 2.37. The fourth-order valence-electron chi connectivity index (χ4n) is 1.34. The highest BCUT2D eigenvalue weighted by molar-refractivity contribution is 9.10. The lowest BCUT2D eigenvalue weighted by Crippen LogP contribution is -2.06. The van der Waals surface area contributed by atoms with Crippen LogP contribution in [0.15, 0.2) is 22.7 Å². The van der Waals surface area contributed by atoms with Gasteiger partial charge in [0.15, 0.2) is 0 Å². The fraction of sp³-hybridized carbons (Fsp3) is 0.182. The molecule has 0 radical (unpaired) electrons. The average Bonchev–Trinajstić information content (AvgIpc) is 2.42. The van der Waals surface area contributed by atoms with E-state index in [9.17, 15) is 4.39 Å². The molecule has 0 spiro atoms. The van der Waals surface area contributed by atoms with Gasteiger partial charge < -0.3 is 15.4 Å². The molecule has 0 aliphatic carbocycles. The van der Waals surface area contributed by atoms with Crippen LogP contribution in [-0.4, -0.2) is 29.1 Å². The van der Waals surface area contributed by atoms with E-state index in [1.807, 2.05) is 0 Å². The molecule has 1 aromatic heterocycles.